The van der Waals surface area contributed by atoms with E-state index in [1.807, 2.05) is 32.8 Å². The number of nitrogens with zero attached hydrogens (tertiary/aromatic N) is 2. The highest BCUT2D eigenvalue weighted by molar-refractivity contribution is 7.88. The minimum Gasteiger partial charge on any atom is -0.353 e. The molecule has 0 aliphatic rings. The molecule has 0 aromatic rings. The van der Waals surface area contributed by atoms with E-state index in [4.69, 9.17) is 0 Å². The van der Waals surface area contributed by atoms with E-state index >= 15 is 0 Å². The third kappa shape index (κ3) is 8.12. The number of carbonyl (C=O) groups is 1. The molecule has 17 heavy (non-hydrogen) atoms. The highest BCUT2D eigenvalue weighted by Gasteiger charge is 2.20. The van der Waals surface area contributed by atoms with E-state index in [0.717, 1.165) is 6.26 Å². The molecule has 0 heterocycles. The molecule has 0 aliphatic carbocycles. The molecule has 0 saturated carbocycles. The van der Waals surface area contributed by atoms with Crippen molar-refractivity contribution in [1.29, 1.82) is 0 Å². The van der Waals surface area contributed by atoms with Crippen LogP contribution in [0.5, 0.6) is 0 Å². The van der Waals surface area contributed by atoms with E-state index < -0.39 is 10.0 Å². The van der Waals surface area contributed by atoms with Gasteiger partial charge in [0.1, 0.15) is 0 Å². The van der Waals surface area contributed by atoms with Gasteiger partial charge in [-0.2, -0.15) is 4.31 Å². The summed E-state index contributed by atoms with van der Waals surface area (Å²) >= 11 is 0. The molecule has 0 fully saturated rings. The smallest absolute Gasteiger partial charge is 0.235 e. The quantitative estimate of drug-likeness (QED) is 0.663. The first-order valence-corrected chi connectivity index (χ1v) is 7.37. The van der Waals surface area contributed by atoms with Crippen LogP contribution in [-0.4, -0.2) is 69.6 Å². The third-order valence-electron chi connectivity index (χ3n) is 2.04. The summed E-state index contributed by atoms with van der Waals surface area (Å²) in [5.41, 5.74) is 0. The van der Waals surface area contributed by atoms with Gasteiger partial charge in [-0.05, 0) is 27.9 Å². The summed E-state index contributed by atoms with van der Waals surface area (Å²) in [5.74, 6) is -0.274. The van der Waals surface area contributed by atoms with Gasteiger partial charge < -0.3 is 10.2 Å². The fourth-order valence-corrected chi connectivity index (χ4v) is 1.97. The maximum Gasteiger partial charge on any atom is 0.235 e. The highest BCUT2D eigenvalue weighted by atomic mass is 32.2. The fourth-order valence-electron chi connectivity index (χ4n) is 1.20. The van der Waals surface area contributed by atoms with E-state index in [-0.39, 0.29) is 18.5 Å². The minimum absolute atomic E-state index is 0.0118. The van der Waals surface area contributed by atoms with Crippen LogP contribution in [0.25, 0.3) is 0 Å². The normalized spacial score (nSPS) is 12.5. The average Bonchev–Trinajstić information content (AvgIpc) is 2.08. The van der Waals surface area contributed by atoms with Crippen molar-refractivity contribution in [2.75, 3.05) is 40.0 Å². The van der Waals surface area contributed by atoms with Crippen LogP contribution >= 0.6 is 0 Å². The Labute approximate surface area is 104 Å². The first-order chi connectivity index (χ1) is 7.62. The van der Waals surface area contributed by atoms with Crippen LogP contribution in [0.4, 0.5) is 0 Å². The van der Waals surface area contributed by atoms with E-state index in [0.29, 0.717) is 13.1 Å². The summed E-state index contributed by atoms with van der Waals surface area (Å²) in [6, 6.07) is 0.0118. The Bertz CT molecular complexity index is 339. The van der Waals surface area contributed by atoms with Gasteiger partial charge in [-0.3, -0.25) is 4.79 Å². The molecule has 0 aliphatic heterocycles. The minimum atomic E-state index is -3.35. The summed E-state index contributed by atoms with van der Waals surface area (Å²) in [6.07, 6.45) is 1.12. The largest absolute Gasteiger partial charge is 0.353 e. The molecule has 0 bridgehead atoms. The van der Waals surface area contributed by atoms with Gasteiger partial charge in [0.25, 0.3) is 0 Å². The van der Waals surface area contributed by atoms with Crippen LogP contribution < -0.4 is 5.32 Å². The fraction of sp³-hybridized carbons (Fsp3) is 0.900. The summed E-state index contributed by atoms with van der Waals surface area (Å²) < 4.78 is 24.2. The van der Waals surface area contributed by atoms with Crippen molar-refractivity contribution in [3.63, 3.8) is 0 Å². The van der Waals surface area contributed by atoms with Gasteiger partial charge in [-0.25, -0.2) is 8.42 Å². The molecule has 0 aromatic carbocycles. The number of sulfonamides is 1. The van der Waals surface area contributed by atoms with Crippen LogP contribution in [0.2, 0.25) is 0 Å². The topological polar surface area (TPSA) is 69.7 Å². The van der Waals surface area contributed by atoms with Gasteiger partial charge in [0.05, 0.1) is 12.8 Å². The number of nitrogens with one attached hydrogen (secondary N) is 1. The Kier molecular flexibility index (Phi) is 6.66. The standard InChI is InChI=1S/C10H23N3O3S/c1-9(2)11-10(14)8-13(17(5,15)16)7-6-12(3)4/h9H,6-8H2,1-5H3,(H,11,14). The Balaban J connectivity index is 4.45. The second-order valence-electron chi connectivity index (χ2n) is 4.62. The van der Waals surface area contributed by atoms with Crippen molar-refractivity contribution in [2.24, 2.45) is 0 Å². The molecule has 6 nitrogen and oxygen atoms in total. The SMILES string of the molecule is CC(C)NC(=O)CN(CCN(C)C)S(C)(=O)=O. The molecule has 0 atom stereocenters. The number of likely N-dealkylation sites (N-methyl/N-ethyl adjacent to an activating group) is 1. The molecule has 102 valence electrons. The predicted octanol–water partition coefficient (Wildman–Crippen LogP) is -0.666. The van der Waals surface area contributed by atoms with Gasteiger partial charge in [-0.1, -0.05) is 0 Å². The maximum absolute atomic E-state index is 11.5. The van der Waals surface area contributed by atoms with Crippen molar-refractivity contribution < 1.29 is 13.2 Å². The lowest BCUT2D eigenvalue weighted by molar-refractivity contribution is -0.121. The number of hydrogen-bond donors (Lipinski definition) is 1. The second-order valence-corrected chi connectivity index (χ2v) is 6.60. The van der Waals surface area contributed by atoms with Crippen molar-refractivity contribution in [2.45, 2.75) is 19.9 Å². The lowest BCUT2D eigenvalue weighted by Crippen LogP contribution is -2.44. The molecule has 0 saturated heterocycles. The van der Waals surface area contributed by atoms with E-state index in [1.165, 1.54) is 4.31 Å². The number of hydrogen-bond acceptors (Lipinski definition) is 4. The van der Waals surface area contributed by atoms with Crippen molar-refractivity contribution in [3.05, 3.63) is 0 Å². The first-order valence-electron chi connectivity index (χ1n) is 5.52. The summed E-state index contributed by atoms with van der Waals surface area (Å²) in [7, 11) is 0.366. The van der Waals surface area contributed by atoms with E-state index in [9.17, 15) is 13.2 Å². The van der Waals surface area contributed by atoms with Crippen molar-refractivity contribution >= 4 is 15.9 Å². The first kappa shape index (κ1) is 16.3. The van der Waals surface area contributed by atoms with Gasteiger partial charge in [0.2, 0.25) is 15.9 Å². The maximum atomic E-state index is 11.5. The molecular weight excluding hydrogens is 242 g/mol. The zero-order valence-electron chi connectivity index (χ0n) is 11.2. The second kappa shape index (κ2) is 6.93. The summed E-state index contributed by atoms with van der Waals surface area (Å²) in [4.78, 5) is 13.4. The van der Waals surface area contributed by atoms with Gasteiger partial charge >= 0.3 is 0 Å². The third-order valence-corrected chi connectivity index (χ3v) is 3.28. The summed E-state index contributed by atoms with van der Waals surface area (Å²) in [6.45, 7) is 4.45. The molecule has 1 amide bonds. The molecule has 1 N–H and O–H groups in total. The van der Waals surface area contributed by atoms with Crippen LogP contribution in [0.3, 0.4) is 0 Å². The van der Waals surface area contributed by atoms with Crippen LogP contribution in [-0.2, 0) is 14.8 Å². The Morgan fingerprint density at radius 3 is 2.12 bits per heavy atom. The Hall–Kier alpha value is -0.660. The number of amides is 1. The lowest BCUT2D eigenvalue weighted by atomic mass is 10.4. The number of carbonyl (C=O) groups excluding carboxylic acids is 1. The van der Waals surface area contributed by atoms with Gasteiger partial charge in [0, 0.05) is 19.1 Å². The molecule has 0 rings (SSSR count). The highest BCUT2D eigenvalue weighted by Crippen LogP contribution is 1.98. The van der Waals surface area contributed by atoms with Crippen LogP contribution in [0.1, 0.15) is 13.8 Å². The van der Waals surface area contributed by atoms with Crippen molar-refractivity contribution in [3.8, 4) is 0 Å². The van der Waals surface area contributed by atoms with E-state index in [1.54, 1.807) is 0 Å². The monoisotopic (exact) mass is 265 g/mol. The number of rotatable bonds is 7. The molecule has 7 heteroatoms. The molecule has 0 radical (unpaired) electrons. The molecule has 0 unspecified atom stereocenters. The molecular formula is C10H23N3O3S. The van der Waals surface area contributed by atoms with Crippen LogP contribution in [0, 0.1) is 0 Å². The zero-order chi connectivity index (χ0) is 13.6. The predicted molar refractivity (Wildman–Crippen MR) is 68.2 cm³/mol. The Morgan fingerprint density at radius 1 is 1.24 bits per heavy atom. The average molecular weight is 265 g/mol. The Morgan fingerprint density at radius 2 is 1.76 bits per heavy atom. The van der Waals surface area contributed by atoms with Crippen molar-refractivity contribution in [1.82, 2.24) is 14.5 Å². The van der Waals surface area contributed by atoms with Gasteiger partial charge in [0.15, 0.2) is 0 Å². The summed E-state index contributed by atoms with van der Waals surface area (Å²) in [5, 5.41) is 2.67. The zero-order valence-corrected chi connectivity index (χ0v) is 12.0. The van der Waals surface area contributed by atoms with Gasteiger partial charge in [-0.15, -0.1) is 0 Å². The van der Waals surface area contributed by atoms with E-state index in [2.05, 4.69) is 5.32 Å². The van der Waals surface area contributed by atoms with Crippen LogP contribution in [0.15, 0.2) is 0 Å². The lowest BCUT2D eigenvalue weighted by Gasteiger charge is -2.21. The molecule has 0 aromatic heterocycles. The molecule has 0 spiro atoms.